The van der Waals surface area contributed by atoms with Gasteiger partial charge >= 0.3 is 0 Å². The average Bonchev–Trinajstić information content (AvgIpc) is 3.05. The minimum absolute atomic E-state index is 0.126. The van der Waals surface area contributed by atoms with E-state index in [4.69, 9.17) is 16.3 Å². The Balaban J connectivity index is 1.76. The van der Waals surface area contributed by atoms with Crippen LogP contribution in [0.5, 0.6) is 5.75 Å². The molecule has 4 rings (SSSR count). The van der Waals surface area contributed by atoms with Gasteiger partial charge in [0.2, 0.25) is 0 Å². The van der Waals surface area contributed by atoms with Crippen LogP contribution in [0, 0.1) is 0 Å². The van der Waals surface area contributed by atoms with Gasteiger partial charge in [-0.15, -0.1) is 0 Å². The lowest BCUT2D eigenvalue weighted by molar-refractivity contribution is -0.138. The molecule has 2 aromatic rings. The molecule has 0 N–H and O–H groups in total. The Hall–Kier alpha value is -2.83. The molecule has 2 aromatic carbocycles. The predicted octanol–water partition coefficient (Wildman–Crippen LogP) is 3.65. The van der Waals surface area contributed by atoms with E-state index in [0.29, 0.717) is 27.6 Å². The van der Waals surface area contributed by atoms with Gasteiger partial charge < -0.3 is 14.5 Å². The molecule has 6 nitrogen and oxygen atoms in total. The van der Waals surface area contributed by atoms with Crippen molar-refractivity contribution in [1.82, 2.24) is 14.7 Å². The highest BCUT2D eigenvalue weighted by molar-refractivity contribution is 6.36. The number of likely N-dealkylation sites (N-methyl/N-ethyl adjacent to an activating group) is 1. The van der Waals surface area contributed by atoms with E-state index in [1.165, 1.54) is 4.90 Å². The fourth-order valence-corrected chi connectivity index (χ4v) is 4.69. The second-order valence-corrected chi connectivity index (χ2v) is 8.76. The molecule has 0 atom stereocenters. The third-order valence-corrected chi connectivity index (χ3v) is 6.76. The number of imide groups is 1. The normalized spacial score (nSPS) is 17.9. The van der Waals surface area contributed by atoms with E-state index in [-0.39, 0.29) is 24.4 Å². The molecule has 32 heavy (non-hydrogen) atoms. The number of amides is 2. The van der Waals surface area contributed by atoms with Crippen molar-refractivity contribution in [2.24, 2.45) is 0 Å². The van der Waals surface area contributed by atoms with Crippen molar-refractivity contribution in [3.63, 3.8) is 0 Å². The first-order chi connectivity index (χ1) is 15.4. The summed E-state index contributed by atoms with van der Waals surface area (Å²) in [6.45, 7) is 2.04. The van der Waals surface area contributed by atoms with Crippen molar-refractivity contribution in [2.45, 2.75) is 25.4 Å². The van der Waals surface area contributed by atoms with E-state index < -0.39 is 0 Å². The molecule has 2 amide bonds. The van der Waals surface area contributed by atoms with Crippen LogP contribution in [-0.4, -0.2) is 66.9 Å². The monoisotopic (exact) mass is 453 g/mol. The number of rotatable bonds is 6. The molecule has 2 heterocycles. The lowest BCUT2D eigenvalue weighted by Gasteiger charge is -2.36. The quantitative estimate of drug-likeness (QED) is 0.625. The summed E-state index contributed by atoms with van der Waals surface area (Å²) in [5.74, 6) is -0.0519. The number of halogens is 1. The summed E-state index contributed by atoms with van der Waals surface area (Å²) in [6, 6.07) is 14.8. The van der Waals surface area contributed by atoms with E-state index in [0.717, 1.165) is 31.5 Å². The van der Waals surface area contributed by atoms with E-state index >= 15 is 0 Å². The summed E-state index contributed by atoms with van der Waals surface area (Å²) in [6.07, 6.45) is 1.86. The van der Waals surface area contributed by atoms with Crippen LogP contribution in [0.4, 0.5) is 0 Å². The minimum atomic E-state index is -0.325. The zero-order valence-electron chi connectivity index (χ0n) is 18.7. The van der Waals surface area contributed by atoms with Gasteiger partial charge in [-0.1, -0.05) is 48.0 Å². The number of nitrogens with zero attached hydrogens (tertiary/aromatic N) is 3. The van der Waals surface area contributed by atoms with Crippen molar-refractivity contribution in [3.05, 3.63) is 70.4 Å². The first-order valence-corrected chi connectivity index (χ1v) is 11.2. The van der Waals surface area contributed by atoms with Crippen LogP contribution >= 0.6 is 11.6 Å². The zero-order valence-corrected chi connectivity index (χ0v) is 19.4. The summed E-state index contributed by atoms with van der Waals surface area (Å²) in [7, 11) is 5.60. The first-order valence-electron chi connectivity index (χ1n) is 10.8. The van der Waals surface area contributed by atoms with Gasteiger partial charge in [0.05, 0.1) is 19.2 Å². The number of hydrogen-bond acceptors (Lipinski definition) is 5. The molecule has 2 aliphatic heterocycles. The molecule has 0 saturated carbocycles. The Kier molecular flexibility index (Phi) is 6.53. The smallest absolute Gasteiger partial charge is 0.278 e. The van der Waals surface area contributed by atoms with Crippen LogP contribution in [0.1, 0.15) is 24.0 Å². The fourth-order valence-electron chi connectivity index (χ4n) is 4.49. The largest absolute Gasteiger partial charge is 0.496 e. The van der Waals surface area contributed by atoms with Gasteiger partial charge in [0.25, 0.3) is 11.8 Å². The summed E-state index contributed by atoms with van der Waals surface area (Å²) in [4.78, 5) is 32.9. The second kappa shape index (κ2) is 9.35. The lowest BCUT2D eigenvalue weighted by atomic mass is 9.99. The number of ether oxygens (including phenoxy) is 1. The molecule has 0 aliphatic carbocycles. The number of benzene rings is 2. The Bertz CT molecular complexity index is 1060. The van der Waals surface area contributed by atoms with Gasteiger partial charge in [-0.2, -0.15) is 0 Å². The molecule has 0 spiro atoms. The molecule has 7 heteroatoms. The summed E-state index contributed by atoms with van der Waals surface area (Å²) in [5, 5.41) is 0.532. The molecule has 0 radical (unpaired) electrons. The summed E-state index contributed by atoms with van der Waals surface area (Å²) in [5.41, 5.74) is 2.19. The second-order valence-electron chi connectivity index (χ2n) is 8.36. The van der Waals surface area contributed by atoms with E-state index in [1.54, 1.807) is 13.2 Å². The first kappa shape index (κ1) is 22.4. The maximum atomic E-state index is 13.7. The number of hydrogen-bond donors (Lipinski definition) is 0. The molecule has 1 saturated heterocycles. The maximum Gasteiger partial charge on any atom is 0.278 e. The van der Waals surface area contributed by atoms with Gasteiger partial charge in [0.1, 0.15) is 11.4 Å². The van der Waals surface area contributed by atoms with Gasteiger partial charge in [0.15, 0.2) is 0 Å². The molecule has 0 bridgehead atoms. The minimum Gasteiger partial charge on any atom is -0.496 e. The SMILES string of the molecule is COc1ccccc1C1=C(N(C)C2CCN(C)CC2)C(=O)N(Cc2ccccc2Cl)C1=O. The van der Waals surface area contributed by atoms with Gasteiger partial charge in [-0.25, -0.2) is 0 Å². The van der Waals surface area contributed by atoms with Crippen molar-refractivity contribution >= 4 is 29.0 Å². The van der Waals surface area contributed by atoms with Crippen molar-refractivity contribution in [3.8, 4) is 5.75 Å². The molecular formula is C25H28ClN3O3. The lowest BCUT2D eigenvalue weighted by Crippen LogP contribution is -2.43. The van der Waals surface area contributed by atoms with Gasteiger partial charge in [-0.3, -0.25) is 14.5 Å². The van der Waals surface area contributed by atoms with Crippen molar-refractivity contribution in [1.29, 1.82) is 0 Å². The Morgan fingerprint density at radius 1 is 1.03 bits per heavy atom. The van der Waals surface area contributed by atoms with Crippen LogP contribution in [0.15, 0.2) is 54.2 Å². The molecule has 1 fully saturated rings. The van der Waals surface area contributed by atoms with E-state index in [1.807, 2.05) is 54.4 Å². The van der Waals surface area contributed by atoms with Crippen LogP contribution in [0.3, 0.4) is 0 Å². The van der Waals surface area contributed by atoms with E-state index in [2.05, 4.69) is 11.9 Å². The van der Waals surface area contributed by atoms with Crippen LogP contribution in [0.25, 0.3) is 5.57 Å². The van der Waals surface area contributed by atoms with Crippen LogP contribution < -0.4 is 4.74 Å². The van der Waals surface area contributed by atoms with Crippen molar-refractivity contribution in [2.75, 3.05) is 34.3 Å². The molecule has 168 valence electrons. The third-order valence-electron chi connectivity index (χ3n) is 6.39. The summed E-state index contributed by atoms with van der Waals surface area (Å²) < 4.78 is 5.54. The number of piperidine rings is 1. The highest BCUT2D eigenvalue weighted by Gasteiger charge is 2.43. The number of carbonyl (C=O) groups excluding carboxylic acids is 2. The van der Waals surface area contributed by atoms with Gasteiger partial charge in [0, 0.05) is 23.7 Å². The average molecular weight is 454 g/mol. The van der Waals surface area contributed by atoms with Crippen LogP contribution in [0.2, 0.25) is 5.02 Å². The number of para-hydroxylation sites is 1. The van der Waals surface area contributed by atoms with E-state index in [9.17, 15) is 9.59 Å². The zero-order chi connectivity index (χ0) is 22.8. The summed E-state index contributed by atoms with van der Waals surface area (Å²) >= 11 is 6.34. The Morgan fingerprint density at radius 2 is 1.69 bits per heavy atom. The molecule has 2 aliphatic rings. The predicted molar refractivity (Wildman–Crippen MR) is 125 cm³/mol. The van der Waals surface area contributed by atoms with Gasteiger partial charge in [-0.05, 0) is 50.7 Å². The molecule has 0 unspecified atom stereocenters. The van der Waals surface area contributed by atoms with Crippen molar-refractivity contribution < 1.29 is 14.3 Å². The highest BCUT2D eigenvalue weighted by Crippen LogP contribution is 2.38. The molecule has 0 aromatic heterocycles. The number of likely N-dealkylation sites (tertiary alicyclic amines) is 1. The number of methoxy groups -OCH3 is 1. The number of carbonyl (C=O) groups is 2. The Morgan fingerprint density at radius 3 is 2.38 bits per heavy atom. The topological polar surface area (TPSA) is 53.1 Å². The third kappa shape index (κ3) is 4.12. The molecular weight excluding hydrogens is 426 g/mol. The fraction of sp³-hybridized carbons (Fsp3) is 0.360. The highest BCUT2D eigenvalue weighted by atomic mass is 35.5. The van der Waals surface area contributed by atoms with Crippen LogP contribution in [-0.2, 0) is 16.1 Å². The Labute approximate surface area is 194 Å². The maximum absolute atomic E-state index is 13.7. The standard InChI is InChI=1S/C25H28ClN3O3/c1-27-14-12-18(13-15-27)28(2)23-22(19-9-5-7-11-21(19)32-3)24(30)29(25(23)31)16-17-8-4-6-10-20(17)26/h4-11,18H,12-16H2,1-3H3.